The van der Waals surface area contributed by atoms with E-state index in [4.69, 9.17) is 0 Å². The minimum atomic E-state index is -3.81. The Bertz CT molecular complexity index is 556. The van der Waals surface area contributed by atoms with Crippen molar-refractivity contribution in [3.05, 3.63) is 29.8 Å². The third kappa shape index (κ3) is 4.45. The van der Waals surface area contributed by atoms with E-state index in [0.29, 0.717) is 0 Å². The minimum absolute atomic E-state index is 0.0743. The highest BCUT2D eigenvalue weighted by atomic mass is 32.3. The van der Waals surface area contributed by atoms with Gasteiger partial charge in [0.05, 0.1) is 21.4 Å². The molecule has 0 amide bonds. The van der Waals surface area contributed by atoms with Gasteiger partial charge < -0.3 is 0 Å². The third-order valence-electron chi connectivity index (χ3n) is 1.92. The van der Waals surface area contributed by atoms with Gasteiger partial charge in [-0.2, -0.15) is 8.42 Å². The number of sulfonamides is 1. The van der Waals surface area contributed by atoms with Crippen molar-refractivity contribution in [2.75, 3.05) is 20.0 Å². The first-order valence-corrected chi connectivity index (χ1v) is 7.79. The molecule has 0 saturated carbocycles. The summed E-state index contributed by atoms with van der Waals surface area (Å²) in [6, 6.07) is 6.29. The quantitative estimate of drug-likeness (QED) is 0.829. The Morgan fingerprint density at radius 3 is 2.24 bits per heavy atom. The highest BCUT2D eigenvalue weighted by Gasteiger charge is 2.12. The van der Waals surface area contributed by atoms with E-state index in [0.717, 1.165) is 5.56 Å². The molecule has 0 N–H and O–H groups in total. The molecule has 0 aromatic heterocycles. The minimum Gasteiger partial charge on any atom is -0.298 e. The van der Waals surface area contributed by atoms with Crippen LogP contribution in [0, 0.1) is 6.92 Å². The zero-order valence-corrected chi connectivity index (χ0v) is 11.7. The Morgan fingerprint density at radius 1 is 1.24 bits per heavy atom. The molecule has 0 bridgehead atoms. The van der Waals surface area contributed by atoms with Crippen LogP contribution in [0.5, 0.6) is 0 Å². The van der Waals surface area contributed by atoms with Gasteiger partial charge in [0.1, 0.15) is 0 Å². The monoisotopic (exact) mass is 276 g/mol. The number of thiol groups is 1. The van der Waals surface area contributed by atoms with E-state index in [1.165, 1.54) is 12.1 Å². The number of rotatable bonds is 4. The first-order valence-electron chi connectivity index (χ1n) is 4.95. The maximum Gasteiger partial charge on any atom is 0.289 e. The molecule has 5 nitrogen and oxygen atoms in total. The van der Waals surface area contributed by atoms with Crippen molar-refractivity contribution in [1.29, 1.82) is 0 Å². The van der Waals surface area contributed by atoms with Crippen LogP contribution in [0.15, 0.2) is 32.9 Å². The fourth-order valence-corrected chi connectivity index (χ4v) is 3.65. The molecule has 0 spiro atoms. The highest BCUT2D eigenvalue weighted by molar-refractivity contribution is 7.96. The van der Waals surface area contributed by atoms with E-state index < -0.39 is 20.6 Å². The van der Waals surface area contributed by atoms with Crippen LogP contribution in [-0.2, 0) is 20.6 Å². The van der Waals surface area contributed by atoms with Crippen molar-refractivity contribution in [3.63, 3.8) is 0 Å². The predicted octanol–water partition coefficient (Wildman–Crippen LogP) is 0.867. The van der Waals surface area contributed by atoms with Crippen molar-refractivity contribution < 1.29 is 12.6 Å². The van der Waals surface area contributed by atoms with Gasteiger partial charge in [0.2, 0.25) is 0 Å². The van der Waals surface area contributed by atoms with Crippen LogP contribution >= 0.6 is 0 Å². The van der Waals surface area contributed by atoms with Crippen LogP contribution in [-0.4, -0.2) is 37.5 Å². The Labute approximate surface area is 104 Å². The summed E-state index contributed by atoms with van der Waals surface area (Å²) in [7, 11) is -2.51. The lowest BCUT2D eigenvalue weighted by Gasteiger charge is -2.04. The Morgan fingerprint density at radius 2 is 1.76 bits per heavy atom. The lowest BCUT2D eigenvalue weighted by molar-refractivity contribution is 0.478. The van der Waals surface area contributed by atoms with E-state index in [1.54, 1.807) is 31.1 Å². The Kier molecular flexibility index (Phi) is 4.67. The van der Waals surface area contributed by atoms with Crippen LogP contribution in [0.25, 0.3) is 0 Å². The molecule has 0 radical (unpaired) electrons. The van der Waals surface area contributed by atoms with Gasteiger partial charge in [0, 0.05) is 0 Å². The van der Waals surface area contributed by atoms with Crippen LogP contribution in [0.4, 0.5) is 0 Å². The summed E-state index contributed by atoms with van der Waals surface area (Å²) in [4.78, 5) is 1.71. The van der Waals surface area contributed by atoms with E-state index in [-0.39, 0.29) is 10.8 Å². The molecule has 1 rings (SSSR count). The van der Waals surface area contributed by atoms with E-state index in [2.05, 4.69) is 3.77 Å². The highest BCUT2D eigenvalue weighted by Crippen LogP contribution is 2.13. The van der Waals surface area contributed by atoms with Gasteiger partial charge in [0.25, 0.3) is 10.0 Å². The molecule has 1 aromatic carbocycles. The summed E-state index contributed by atoms with van der Waals surface area (Å²) in [6.45, 7) is 1.86. The van der Waals surface area contributed by atoms with Crippen molar-refractivity contribution in [2.24, 2.45) is 3.77 Å². The maximum atomic E-state index is 11.8. The van der Waals surface area contributed by atoms with Gasteiger partial charge in [-0.3, -0.25) is 9.11 Å². The van der Waals surface area contributed by atoms with Gasteiger partial charge in [-0.05, 0) is 33.2 Å². The van der Waals surface area contributed by atoms with Gasteiger partial charge in [0.15, 0.2) is 0 Å². The Hall–Kier alpha value is -0.920. The second kappa shape index (κ2) is 5.61. The van der Waals surface area contributed by atoms with Crippen molar-refractivity contribution in [2.45, 2.75) is 11.8 Å². The first-order chi connectivity index (χ1) is 7.81. The standard InChI is InChI=1S/C10H16N2O3S2/c1-9-4-6-10(7-5-9)17(14,15)11-16(13)8-12(2)3/h4-7,16H,8H2,1-3H3. The van der Waals surface area contributed by atoms with Crippen molar-refractivity contribution >= 4 is 20.6 Å². The molecule has 0 saturated heterocycles. The van der Waals surface area contributed by atoms with Gasteiger partial charge in [-0.15, -0.1) is 3.77 Å². The number of nitrogens with zero attached hydrogens (tertiary/aromatic N) is 2. The SMILES string of the molecule is Cc1ccc(S(=O)(=O)/N=[SH](=O)\CN(C)C)cc1. The molecule has 96 valence electrons. The number of aryl methyl sites for hydroxylation is 1. The van der Waals surface area contributed by atoms with E-state index in [9.17, 15) is 12.6 Å². The molecule has 1 atom stereocenters. The fourth-order valence-electron chi connectivity index (χ4n) is 1.15. The molecule has 0 aliphatic heterocycles. The predicted molar refractivity (Wildman–Crippen MR) is 68.9 cm³/mol. The van der Waals surface area contributed by atoms with Crippen LogP contribution in [0.3, 0.4) is 0 Å². The smallest absolute Gasteiger partial charge is 0.289 e. The number of hydrogen-bond acceptors (Lipinski definition) is 4. The molecule has 7 heteroatoms. The van der Waals surface area contributed by atoms with E-state index in [1.807, 2.05) is 6.92 Å². The molecule has 17 heavy (non-hydrogen) atoms. The number of benzene rings is 1. The third-order valence-corrected chi connectivity index (χ3v) is 5.19. The molecular weight excluding hydrogens is 260 g/mol. The summed E-state index contributed by atoms with van der Waals surface area (Å²) >= 11 is 0. The fraction of sp³-hybridized carbons (Fsp3) is 0.400. The van der Waals surface area contributed by atoms with Gasteiger partial charge in [-0.1, -0.05) is 17.7 Å². The summed E-state index contributed by atoms with van der Waals surface area (Å²) in [5, 5.41) is 0. The van der Waals surface area contributed by atoms with Crippen LogP contribution < -0.4 is 0 Å². The summed E-state index contributed by atoms with van der Waals surface area (Å²) in [5.41, 5.74) is 0.960. The lowest BCUT2D eigenvalue weighted by Crippen LogP contribution is -2.14. The average Bonchev–Trinajstić information content (AvgIpc) is 2.15. The van der Waals surface area contributed by atoms with Crippen molar-refractivity contribution in [1.82, 2.24) is 4.90 Å². The van der Waals surface area contributed by atoms with Gasteiger partial charge in [-0.25, -0.2) is 0 Å². The zero-order chi connectivity index (χ0) is 13.1. The van der Waals surface area contributed by atoms with Crippen molar-refractivity contribution in [3.8, 4) is 0 Å². The second-order valence-corrected chi connectivity index (χ2v) is 7.00. The first kappa shape index (κ1) is 14.1. The maximum absolute atomic E-state index is 11.8. The molecule has 1 aromatic rings. The normalized spacial score (nSPS) is 14.1. The van der Waals surface area contributed by atoms with Crippen LogP contribution in [0.1, 0.15) is 5.56 Å². The molecule has 0 aliphatic carbocycles. The van der Waals surface area contributed by atoms with Crippen LogP contribution in [0.2, 0.25) is 0 Å². The molecule has 0 aliphatic rings. The summed E-state index contributed by atoms with van der Waals surface area (Å²) in [5.74, 6) is 0.125. The zero-order valence-electron chi connectivity index (χ0n) is 9.99. The Balaban J connectivity index is 3.04. The lowest BCUT2D eigenvalue weighted by atomic mass is 10.2. The molecular formula is C10H16N2O3S2. The van der Waals surface area contributed by atoms with E-state index >= 15 is 0 Å². The topological polar surface area (TPSA) is 66.8 Å². The second-order valence-electron chi connectivity index (χ2n) is 3.94. The molecule has 0 fully saturated rings. The van der Waals surface area contributed by atoms with Gasteiger partial charge >= 0.3 is 0 Å². The summed E-state index contributed by atoms with van der Waals surface area (Å²) in [6.07, 6.45) is 0. The average molecular weight is 276 g/mol. The number of hydrogen-bond donors (Lipinski definition) is 1. The molecule has 0 heterocycles. The molecule has 1 unspecified atom stereocenters. The largest absolute Gasteiger partial charge is 0.298 e. The summed E-state index contributed by atoms with van der Waals surface area (Å²) < 4.78 is 38.4.